The molecule has 8 heteroatoms. The van der Waals surface area contributed by atoms with Gasteiger partial charge in [-0.25, -0.2) is 4.79 Å². The molecule has 0 aromatic heterocycles. The van der Waals surface area contributed by atoms with Crippen LogP contribution in [0.1, 0.15) is 18.4 Å². The van der Waals surface area contributed by atoms with Crippen molar-refractivity contribution < 1.29 is 23.8 Å². The van der Waals surface area contributed by atoms with Crippen LogP contribution in [0.5, 0.6) is 11.5 Å². The molecule has 7 nitrogen and oxygen atoms in total. The normalized spacial score (nSPS) is 14.7. The first kappa shape index (κ1) is 20.2. The Kier molecular flexibility index (Phi) is 7.84. The second kappa shape index (κ2) is 10.1. The smallest absolute Gasteiger partial charge is 0.409 e. The molecule has 0 bridgehead atoms. The van der Waals surface area contributed by atoms with Crippen molar-refractivity contribution in [3.63, 3.8) is 0 Å². The predicted octanol–water partition coefficient (Wildman–Crippen LogP) is 2.20. The molecule has 0 spiro atoms. The van der Waals surface area contributed by atoms with Crippen LogP contribution in [-0.2, 0) is 16.0 Å². The topological polar surface area (TPSA) is 77.1 Å². The predicted molar refractivity (Wildman–Crippen MR) is 98.1 cm³/mol. The Labute approximate surface area is 158 Å². The minimum atomic E-state index is -0.347. The highest BCUT2D eigenvalue weighted by atomic mass is 35.5. The summed E-state index contributed by atoms with van der Waals surface area (Å²) >= 11 is 5.51. The maximum Gasteiger partial charge on any atom is 0.409 e. The highest BCUT2D eigenvalue weighted by Crippen LogP contribution is 2.27. The molecule has 1 aliphatic heterocycles. The Morgan fingerprint density at radius 1 is 1.19 bits per heavy atom. The molecule has 0 radical (unpaired) electrons. The number of alkyl halides is 1. The van der Waals surface area contributed by atoms with E-state index in [-0.39, 0.29) is 36.9 Å². The van der Waals surface area contributed by atoms with E-state index < -0.39 is 0 Å². The van der Waals surface area contributed by atoms with Gasteiger partial charge in [0, 0.05) is 19.1 Å². The first-order valence-corrected chi connectivity index (χ1v) is 9.08. The minimum Gasteiger partial charge on any atom is -0.493 e. The van der Waals surface area contributed by atoms with Gasteiger partial charge in [0.05, 0.1) is 26.5 Å². The summed E-state index contributed by atoms with van der Waals surface area (Å²) in [5, 5.41) is 3.03. The molecule has 1 fully saturated rings. The Balaban J connectivity index is 1.79. The Morgan fingerprint density at radius 2 is 1.88 bits per heavy atom. The monoisotopic (exact) mass is 384 g/mol. The van der Waals surface area contributed by atoms with E-state index in [4.69, 9.17) is 25.8 Å². The van der Waals surface area contributed by atoms with Gasteiger partial charge in [-0.15, -0.1) is 11.6 Å². The molecule has 0 aliphatic carbocycles. The highest BCUT2D eigenvalue weighted by molar-refractivity contribution is 6.18. The quantitative estimate of drug-likeness (QED) is 0.729. The number of rotatable bonds is 7. The number of methoxy groups -OCH3 is 2. The molecular formula is C18H25ClN2O5. The summed E-state index contributed by atoms with van der Waals surface area (Å²) in [6.45, 7) is 1.33. The number of hydrogen-bond acceptors (Lipinski definition) is 5. The molecule has 144 valence electrons. The lowest BCUT2D eigenvalue weighted by molar-refractivity contribution is -0.121. The number of hydrogen-bond donors (Lipinski definition) is 1. The lowest BCUT2D eigenvalue weighted by Crippen LogP contribution is -2.47. The van der Waals surface area contributed by atoms with Gasteiger partial charge in [-0.05, 0) is 30.5 Å². The van der Waals surface area contributed by atoms with Crippen LogP contribution < -0.4 is 14.8 Å². The minimum absolute atomic E-state index is 0.0552. The van der Waals surface area contributed by atoms with Crippen molar-refractivity contribution in [3.8, 4) is 11.5 Å². The lowest BCUT2D eigenvalue weighted by Gasteiger charge is -2.31. The fourth-order valence-electron chi connectivity index (χ4n) is 2.88. The van der Waals surface area contributed by atoms with E-state index in [9.17, 15) is 9.59 Å². The van der Waals surface area contributed by atoms with Gasteiger partial charge in [0.25, 0.3) is 0 Å². The molecule has 1 aromatic rings. The van der Waals surface area contributed by atoms with Crippen LogP contribution in [0.25, 0.3) is 0 Å². The lowest BCUT2D eigenvalue weighted by atomic mass is 10.0. The maximum absolute atomic E-state index is 12.3. The Hall–Kier alpha value is -2.15. The summed E-state index contributed by atoms with van der Waals surface area (Å²) in [7, 11) is 3.13. The van der Waals surface area contributed by atoms with E-state index >= 15 is 0 Å². The summed E-state index contributed by atoms with van der Waals surface area (Å²) in [4.78, 5) is 25.7. The maximum atomic E-state index is 12.3. The van der Waals surface area contributed by atoms with Crippen LogP contribution in [0, 0.1) is 0 Å². The van der Waals surface area contributed by atoms with Gasteiger partial charge < -0.3 is 24.4 Å². The van der Waals surface area contributed by atoms with Crippen molar-refractivity contribution in [2.24, 2.45) is 0 Å². The van der Waals surface area contributed by atoms with Crippen LogP contribution in [-0.4, -0.2) is 62.7 Å². The number of nitrogens with zero attached hydrogens (tertiary/aromatic N) is 1. The van der Waals surface area contributed by atoms with Crippen molar-refractivity contribution in [1.82, 2.24) is 10.2 Å². The third-order valence-corrected chi connectivity index (χ3v) is 4.39. The summed E-state index contributed by atoms with van der Waals surface area (Å²) < 4.78 is 15.5. The first-order valence-electron chi connectivity index (χ1n) is 8.55. The zero-order valence-corrected chi connectivity index (χ0v) is 15.9. The fraction of sp³-hybridized carbons (Fsp3) is 0.556. The van der Waals surface area contributed by atoms with Crippen LogP contribution in [0.4, 0.5) is 4.79 Å². The van der Waals surface area contributed by atoms with Gasteiger partial charge in [-0.1, -0.05) is 6.07 Å². The third-order valence-electron chi connectivity index (χ3n) is 4.23. The zero-order valence-electron chi connectivity index (χ0n) is 15.1. The van der Waals surface area contributed by atoms with Crippen molar-refractivity contribution in [1.29, 1.82) is 0 Å². The van der Waals surface area contributed by atoms with Crippen LogP contribution >= 0.6 is 11.6 Å². The van der Waals surface area contributed by atoms with E-state index in [0.29, 0.717) is 37.4 Å². The van der Waals surface area contributed by atoms with E-state index in [0.717, 1.165) is 5.56 Å². The SMILES string of the molecule is COc1ccc(CC(=O)NC2CCN(C(=O)OCCCl)CC2)cc1OC. The second-order valence-corrected chi connectivity index (χ2v) is 6.38. The third kappa shape index (κ3) is 5.69. The van der Waals surface area contributed by atoms with Gasteiger partial charge in [-0.2, -0.15) is 0 Å². The van der Waals surface area contributed by atoms with E-state index in [1.54, 1.807) is 31.3 Å². The van der Waals surface area contributed by atoms with Crippen LogP contribution in [0.3, 0.4) is 0 Å². The van der Waals surface area contributed by atoms with Gasteiger partial charge >= 0.3 is 6.09 Å². The number of piperidine rings is 1. The van der Waals surface area contributed by atoms with Crippen LogP contribution in [0.2, 0.25) is 0 Å². The number of halogens is 1. The van der Waals surface area contributed by atoms with Crippen molar-refractivity contribution in [2.75, 3.05) is 39.8 Å². The number of benzene rings is 1. The molecular weight excluding hydrogens is 360 g/mol. The molecule has 26 heavy (non-hydrogen) atoms. The molecule has 2 amide bonds. The van der Waals surface area contributed by atoms with Gasteiger partial charge in [0.1, 0.15) is 6.61 Å². The Morgan fingerprint density at radius 3 is 2.50 bits per heavy atom. The standard InChI is InChI=1S/C18H25ClN2O5/c1-24-15-4-3-13(11-16(15)25-2)12-17(22)20-14-5-8-21(9-6-14)18(23)26-10-7-19/h3-4,11,14H,5-10,12H2,1-2H3,(H,20,22). The number of carbonyl (C=O) groups excluding carboxylic acids is 2. The number of carbonyl (C=O) groups is 2. The van der Waals surface area contributed by atoms with Crippen molar-refractivity contribution in [2.45, 2.75) is 25.3 Å². The molecule has 1 heterocycles. The zero-order chi connectivity index (χ0) is 18.9. The number of amides is 2. The molecule has 1 aliphatic rings. The summed E-state index contributed by atoms with van der Waals surface area (Å²) in [5.41, 5.74) is 0.849. The largest absolute Gasteiger partial charge is 0.493 e. The average Bonchev–Trinajstić information content (AvgIpc) is 2.66. The molecule has 1 N–H and O–H groups in total. The highest BCUT2D eigenvalue weighted by Gasteiger charge is 2.24. The van der Waals surface area contributed by atoms with Gasteiger partial charge in [0.15, 0.2) is 11.5 Å². The molecule has 0 atom stereocenters. The molecule has 2 rings (SSSR count). The Bertz CT molecular complexity index is 618. The van der Waals surface area contributed by atoms with Crippen LogP contribution in [0.15, 0.2) is 18.2 Å². The molecule has 0 saturated carbocycles. The summed E-state index contributed by atoms with van der Waals surface area (Å²) in [5.74, 6) is 1.46. The van der Waals surface area contributed by atoms with Gasteiger partial charge in [0.2, 0.25) is 5.91 Å². The molecule has 0 unspecified atom stereocenters. The van der Waals surface area contributed by atoms with E-state index in [1.165, 1.54) is 0 Å². The number of nitrogens with one attached hydrogen (secondary N) is 1. The number of ether oxygens (including phenoxy) is 3. The number of likely N-dealkylation sites (tertiary alicyclic amines) is 1. The summed E-state index contributed by atoms with van der Waals surface area (Å²) in [6.07, 6.45) is 1.32. The first-order chi connectivity index (χ1) is 12.6. The summed E-state index contributed by atoms with van der Waals surface area (Å²) in [6, 6.07) is 5.48. The van der Waals surface area contributed by atoms with Crippen molar-refractivity contribution in [3.05, 3.63) is 23.8 Å². The second-order valence-electron chi connectivity index (χ2n) is 6.00. The van der Waals surface area contributed by atoms with Crippen molar-refractivity contribution >= 4 is 23.6 Å². The molecule has 1 saturated heterocycles. The molecule has 1 aromatic carbocycles. The average molecular weight is 385 g/mol. The van der Waals surface area contributed by atoms with E-state index in [2.05, 4.69) is 5.32 Å². The fourth-order valence-corrected chi connectivity index (χ4v) is 2.96. The van der Waals surface area contributed by atoms with Gasteiger partial charge in [-0.3, -0.25) is 4.79 Å². The van der Waals surface area contributed by atoms with E-state index in [1.807, 2.05) is 6.07 Å².